The molecule has 2 saturated carbocycles. The highest BCUT2D eigenvalue weighted by Gasteiger charge is 2.57. The Balaban J connectivity index is 1.66. The Hall–Kier alpha value is -0.485. The molecule has 0 atom stereocenters. The van der Waals surface area contributed by atoms with Gasteiger partial charge < -0.3 is 9.31 Å². The molecule has 22 heavy (non-hydrogen) atoms. The normalized spacial score (nSPS) is 31.2. The molecule has 0 aromatic carbocycles. The first kappa shape index (κ1) is 16.4. The zero-order chi connectivity index (χ0) is 16.4. The molecule has 0 bridgehead atoms. The minimum atomic E-state index is -2.51. The summed E-state index contributed by atoms with van der Waals surface area (Å²) < 4.78 is 52.4. The molecular formula is C16H24BF3O2. The van der Waals surface area contributed by atoms with Gasteiger partial charge in [0.15, 0.2) is 0 Å². The van der Waals surface area contributed by atoms with Gasteiger partial charge in [0.2, 0.25) is 5.92 Å². The maximum absolute atomic E-state index is 14.7. The molecule has 3 fully saturated rings. The first-order valence-electron chi connectivity index (χ1n) is 8.06. The Morgan fingerprint density at radius 3 is 1.82 bits per heavy atom. The van der Waals surface area contributed by atoms with Crippen molar-refractivity contribution in [2.45, 2.75) is 83.3 Å². The van der Waals surface area contributed by atoms with Crippen molar-refractivity contribution in [3.05, 3.63) is 11.3 Å². The summed E-state index contributed by atoms with van der Waals surface area (Å²) in [5, 5.41) is 0. The van der Waals surface area contributed by atoms with Gasteiger partial charge in [-0.15, -0.1) is 0 Å². The summed E-state index contributed by atoms with van der Waals surface area (Å²) in [4.78, 5) is 0. The fourth-order valence-electron chi connectivity index (χ4n) is 3.83. The highest BCUT2D eigenvalue weighted by molar-refractivity contribution is 6.53. The zero-order valence-corrected chi connectivity index (χ0v) is 13.8. The van der Waals surface area contributed by atoms with Crippen LogP contribution in [0.1, 0.15) is 66.2 Å². The van der Waals surface area contributed by atoms with E-state index in [1.165, 1.54) is 0 Å². The Morgan fingerprint density at radius 2 is 1.41 bits per heavy atom. The van der Waals surface area contributed by atoms with E-state index in [0.717, 1.165) is 0 Å². The Morgan fingerprint density at radius 1 is 0.955 bits per heavy atom. The summed E-state index contributed by atoms with van der Waals surface area (Å²) in [5.74, 6) is -2.51. The number of rotatable bonds is 1. The van der Waals surface area contributed by atoms with Crippen molar-refractivity contribution in [3.8, 4) is 0 Å². The van der Waals surface area contributed by atoms with Crippen LogP contribution >= 0.6 is 0 Å². The lowest BCUT2D eigenvalue weighted by Gasteiger charge is -2.50. The molecule has 0 radical (unpaired) electrons. The Labute approximate surface area is 130 Å². The first-order chi connectivity index (χ1) is 9.96. The number of allylic oxidation sites excluding steroid dienone is 1. The van der Waals surface area contributed by atoms with Crippen LogP contribution in [0.3, 0.4) is 0 Å². The van der Waals surface area contributed by atoms with Crippen LogP contribution in [0.15, 0.2) is 11.3 Å². The molecule has 1 spiro atoms. The number of hydrogen-bond donors (Lipinski definition) is 0. The van der Waals surface area contributed by atoms with Gasteiger partial charge in [0.05, 0.1) is 11.2 Å². The average molecular weight is 316 g/mol. The summed E-state index contributed by atoms with van der Waals surface area (Å²) in [7, 11) is -0.961. The smallest absolute Gasteiger partial charge is 0.398 e. The van der Waals surface area contributed by atoms with E-state index in [2.05, 4.69) is 0 Å². The third-order valence-electron chi connectivity index (χ3n) is 5.98. The molecule has 3 aliphatic rings. The SMILES string of the molecule is CC1(C)OB(C(F)=C2CCC3(CC2)CC(F)(F)C3)OC1(C)C. The van der Waals surface area contributed by atoms with Gasteiger partial charge in [-0.1, -0.05) is 0 Å². The van der Waals surface area contributed by atoms with E-state index in [4.69, 9.17) is 9.31 Å². The molecule has 3 rings (SSSR count). The minimum absolute atomic E-state index is 0.0363. The lowest BCUT2D eigenvalue weighted by atomic mass is 9.57. The van der Waals surface area contributed by atoms with Crippen LogP contribution in [0.4, 0.5) is 13.2 Å². The highest BCUT2D eigenvalue weighted by atomic mass is 19.3. The molecule has 2 nitrogen and oxygen atoms in total. The van der Waals surface area contributed by atoms with E-state index in [1.54, 1.807) is 0 Å². The van der Waals surface area contributed by atoms with Gasteiger partial charge in [-0.25, -0.2) is 13.2 Å². The predicted molar refractivity (Wildman–Crippen MR) is 79.3 cm³/mol. The predicted octanol–water partition coefficient (Wildman–Crippen LogP) is 4.83. The molecular weight excluding hydrogens is 292 g/mol. The molecule has 0 aromatic rings. The third-order valence-corrected chi connectivity index (χ3v) is 5.98. The lowest BCUT2D eigenvalue weighted by Crippen LogP contribution is -2.47. The van der Waals surface area contributed by atoms with Crippen LogP contribution in [0.2, 0.25) is 0 Å². The standard InChI is InChI=1S/C16H24BF3O2/c1-13(2)14(3,4)22-17(21-13)12(18)11-5-7-15(8-6-11)9-16(19,20)10-15/h5-10H2,1-4H3. The monoisotopic (exact) mass is 316 g/mol. The highest BCUT2D eigenvalue weighted by Crippen LogP contribution is 2.60. The molecule has 6 heteroatoms. The van der Waals surface area contributed by atoms with Crippen LogP contribution in [-0.2, 0) is 9.31 Å². The fourth-order valence-corrected chi connectivity index (χ4v) is 3.83. The summed E-state index contributed by atoms with van der Waals surface area (Å²) in [6.45, 7) is 7.54. The number of halogens is 3. The van der Waals surface area contributed by atoms with Crippen LogP contribution in [-0.4, -0.2) is 24.2 Å². The maximum Gasteiger partial charge on any atom is 0.525 e. The maximum atomic E-state index is 14.7. The van der Waals surface area contributed by atoms with Crippen molar-refractivity contribution in [2.75, 3.05) is 0 Å². The first-order valence-corrected chi connectivity index (χ1v) is 8.06. The van der Waals surface area contributed by atoms with Gasteiger partial charge in [0, 0.05) is 12.8 Å². The van der Waals surface area contributed by atoms with E-state index in [1.807, 2.05) is 27.7 Å². The molecule has 2 aliphatic carbocycles. The van der Waals surface area contributed by atoms with Crippen molar-refractivity contribution in [2.24, 2.45) is 5.41 Å². The van der Waals surface area contributed by atoms with Crippen LogP contribution in [0, 0.1) is 5.41 Å². The van der Waals surface area contributed by atoms with Gasteiger partial charge >= 0.3 is 7.12 Å². The minimum Gasteiger partial charge on any atom is -0.398 e. The summed E-state index contributed by atoms with van der Waals surface area (Å²) in [5.41, 5.74) is -1.06. The van der Waals surface area contributed by atoms with Crippen LogP contribution in [0.5, 0.6) is 0 Å². The molecule has 1 saturated heterocycles. The second-order valence-electron chi connectivity index (χ2n) is 8.25. The van der Waals surface area contributed by atoms with Crippen molar-refractivity contribution >= 4 is 7.12 Å². The Bertz CT molecular complexity index is 478. The number of hydrogen-bond acceptors (Lipinski definition) is 2. The van der Waals surface area contributed by atoms with Crippen molar-refractivity contribution in [3.63, 3.8) is 0 Å². The van der Waals surface area contributed by atoms with E-state index in [0.29, 0.717) is 31.3 Å². The third kappa shape index (κ3) is 2.62. The van der Waals surface area contributed by atoms with Gasteiger partial charge in [0.25, 0.3) is 0 Å². The molecule has 124 valence electrons. The molecule has 0 N–H and O–H groups in total. The summed E-state index contributed by atoms with van der Waals surface area (Å²) in [6, 6.07) is 0. The topological polar surface area (TPSA) is 18.5 Å². The van der Waals surface area contributed by atoms with Gasteiger partial charge in [-0.05, 0) is 64.4 Å². The fraction of sp³-hybridized carbons (Fsp3) is 0.875. The largest absolute Gasteiger partial charge is 0.525 e. The molecule has 0 aromatic heterocycles. The van der Waals surface area contributed by atoms with E-state index >= 15 is 0 Å². The van der Waals surface area contributed by atoms with Gasteiger partial charge in [-0.2, -0.15) is 0 Å². The second kappa shape index (κ2) is 4.76. The summed E-state index contributed by atoms with van der Waals surface area (Å²) >= 11 is 0. The van der Waals surface area contributed by atoms with Crippen LogP contribution in [0.25, 0.3) is 0 Å². The van der Waals surface area contributed by atoms with Crippen molar-refractivity contribution < 1.29 is 22.5 Å². The molecule has 0 unspecified atom stereocenters. The van der Waals surface area contributed by atoms with Crippen LogP contribution < -0.4 is 0 Å². The Kier molecular flexibility index (Phi) is 3.54. The number of alkyl halides is 2. The van der Waals surface area contributed by atoms with Gasteiger partial charge in [0.1, 0.15) is 5.73 Å². The second-order valence-corrected chi connectivity index (χ2v) is 8.25. The van der Waals surface area contributed by atoms with Crippen molar-refractivity contribution in [1.82, 2.24) is 0 Å². The van der Waals surface area contributed by atoms with Gasteiger partial charge in [-0.3, -0.25) is 0 Å². The average Bonchev–Trinajstić information content (AvgIpc) is 2.56. The quantitative estimate of drug-likeness (QED) is 0.645. The molecule has 1 aliphatic heterocycles. The van der Waals surface area contributed by atoms with Crippen molar-refractivity contribution in [1.29, 1.82) is 0 Å². The lowest BCUT2D eigenvalue weighted by molar-refractivity contribution is -0.169. The molecule has 1 heterocycles. The molecule has 0 amide bonds. The van der Waals surface area contributed by atoms with E-state index in [-0.39, 0.29) is 24.0 Å². The van der Waals surface area contributed by atoms with E-state index < -0.39 is 24.2 Å². The summed E-state index contributed by atoms with van der Waals surface area (Å²) in [6.07, 6.45) is 2.28. The zero-order valence-electron chi connectivity index (χ0n) is 13.8. The van der Waals surface area contributed by atoms with E-state index in [9.17, 15) is 13.2 Å².